The van der Waals surface area contributed by atoms with Crippen LogP contribution in [0.1, 0.15) is 59.7 Å². The summed E-state index contributed by atoms with van der Waals surface area (Å²) in [6.07, 6.45) is 0. The van der Waals surface area contributed by atoms with Crippen molar-refractivity contribution in [2.75, 3.05) is 9.80 Å². The molecule has 13 aromatic rings. The Morgan fingerprint density at radius 2 is 0.467 bits per heavy atom. The zero-order valence-corrected chi connectivity index (χ0v) is 53.2. The maximum atomic E-state index is 2.43. The summed E-state index contributed by atoms with van der Waals surface area (Å²) in [7, 11) is 0. The van der Waals surface area contributed by atoms with Gasteiger partial charge in [-0.05, 0) is 248 Å². The number of benzene rings is 13. The van der Waals surface area contributed by atoms with Gasteiger partial charge in [-0.3, -0.25) is 0 Å². The van der Waals surface area contributed by atoms with E-state index >= 15 is 0 Å². The number of anilines is 6. The lowest BCUT2D eigenvalue weighted by molar-refractivity contribution is 0.592. The van der Waals surface area contributed by atoms with Crippen LogP contribution in [-0.2, 0) is 5.41 Å². The molecule has 0 aliphatic rings. The molecule has 0 aromatic heterocycles. The molecule has 90 heavy (non-hydrogen) atoms. The molecule has 13 rings (SSSR count). The number of hydrogen-bond acceptors (Lipinski definition) is 2. The van der Waals surface area contributed by atoms with Crippen LogP contribution in [0.15, 0.2) is 297 Å². The fraction of sp³-hybridized carbons (Fsp3) is 0.114. The maximum absolute atomic E-state index is 2.43. The molecule has 0 saturated carbocycles. The summed E-state index contributed by atoms with van der Waals surface area (Å²) in [5.41, 5.74) is 35.0. The van der Waals surface area contributed by atoms with E-state index in [1.807, 2.05) is 0 Å². The average Bonchev–Trinajstić information content (AvgIpc) is 0.905. The zero-order valence-electron chi connectivity index (χ0n) is 53.2. The molecule has 0 bridgehead atoms. The number of hydrogen-bond donors (Lipinski definition) is 0. The fourth-order valence-electron chi connectivity index (χ4n) is 13.5. The van der Waals surface area contributed by atoms with E-state index in [1.54, 1.807) is 0 Å². The molecule has 0 N–H and O–H groups in total. The van der Waals surface area contributed by atoms with E-state index in [0.29, 0.717) is 0 Å². The predicted octanol–water partition coefficient (Wildman–Crippen LogP) is 25.1. The number of aryl methyl sites for hydroxylation is 6. The van der Waals surface area contributed by atoms with Gasteiger partial charge in [0.2, 0.25) is 0 Å². The highest BCUT2D eigenvalue weighted by Gasteiger charge is 2.24. The van der Waals surface area contributed by atoms with Crippen molar-refractivity contribution in [3.8, 4) is 89.0 Å². The van der Waals surface area contributed by atoms with Crippen molar-refractivity contribution in [1.29, 1.82) is 0 Å². The number of nitrogens with zero attached hydrogens (tertiary/aromatic N) is 2. The molecule has 0 fully saturated rings. The monoisotopic (exact) mass is 1160 g/mol. The third kappa shape index (κ3) is 12.0. The first-order valence-corrected chi connectivity index (χ1v) is 31.5. The maximum Gasteiger partial charge on any atom is 0.0467 e. The summed E-state index contributed by atoms with van der Waals surface area (Å²) < 4.78 is 0. The number of rotatable bonds is 14. The van der Waals surface area contributed by atoms with Crippen LogP contribution < -0.4 is 9.80 Å². The Bertz CT molecular complexity index is 4530. The van der Waals surface area contributed by atoms with Crippen molar-refractivity contribution in [2.45, 2.75) is 67.7 Å². The normalized spacial score (nSPS) is 11.4. The Balaban J connectivity index is 0.783. The Labute approximate surface area is 533 Å². The van der Waals surface area contributed by atoms with Gasteiger partial charge in [-0.2, -0.15) is 0 Å². The highest BCUT2D eigenvalue weighted by atomic mass is 15.1. The molecule has 2 nitrogen and oxygen atoms in total. The van der Waals surface area contributed by atoms with Gasteiger partial charge in [0.05, 0.1) is 0 Å². The van der Waals surface area contributed by atoms with Crippen LogP contribution in [0.3, 0.4) is 0 Å². The van der Waals surface area contributed by atoms with E-state index in [4.69, 9.17) is 0 Å². The Morgan fingerprint density at radius 1 is 0.200 bits per heavy atom. The van der Waals surface area contributed by atoms with Crippen LogP contribution >= 0.6 is 0 Å². The van der Waals surface area contributed by atoms with Crippen LogP contribution in [0.25, 0.3) is 89.0 Å². The third-order valence-corrected chi connectivity index (χ3v) is 17.9. The molecule has 0 heterocycles. The summed E-state index contributed by atoms with van der Waals surface area (Å²) in [4.78, 5) is 4.83. The van der Waals surface area contributed by atoms with Crippen LogP contribution in [0.2, 0.25) is 0 Å². The minimum absolute atomic E-state index is 0.121. The van der Waals surface area contributed by atoms with Gasteiger partial charge in [0.1, 0.15) is 0 Å². The quantitative estimate of drug-likeness (QED) is 0.107. The van der Waals surface area contributed by atoms with Crippen molar-refractivity contribution in [3.63, 3.8) is 0 Å². The molecule has 13 aromatic carbocycles. The second-order valence-electron chi connectivity index (χ2n) is 25.3. The summed E-state index contributed by atoms with van der Waals surface area (Å²) in [5, 5.41) is 0. The lowest BCUT2D eigenvalue weighted by Gasteiger charge is -2.30. The second kappa shape index (κ2) is 24.9. The van der Waals surface area contributed by atoms with Crippen molar-refractivity contribution in [2.24, 2.45) is 0 Å². The molecule has 0 spiro atoms. The highest BCUT2D eigenvalue weighted by Crippen LogP contribution is 2.45. The minimum atomic E-state index is -0.121. The molecule has 0 radical (unpaired) electrons. The summed E-state index contributed by atoms with van der Waals surface area (Å²) in [6, 6.07) is 109. The van der Waals surface area contributed by atoms with Crippen LogP contribution in [0.4, 0.5) is 34.1 Å². The Hall–Kier alpha value is -10.5. The van der Waals surface area contributed by atoms with Crippen LogP contribution in [0, 0.1) is 41.5 Å². The lowest BCUT2D eigenvalue weighted by Crippen LogP contribution is -2.16. The summed E-state index contributed by atoms with van der Waals surface area (Å²) in [5.74, 6) is 0. The van der Waals surface area contributed by atoms with Crippen LogP contribution in [0.5, 0.6) is 0 Å². The largest absolute Gasteiger partial charge is 0.310 e. The van der Waals surface area contributed by atoms with Crippen molar-refractivity contribution >= 4 is 34.1 Å². The molecule has 438 valence electrons. The van der Waals surface area contributed by atoms with E-state index in [1.165, 1.54) is 128 Å². The topological polar surface area (TPSA) is 6.48 Å². The van der Waals surface area contributed by atoms with Gasteiger partial charge in [-0.15, -0.1) is 0 Å². The summed E-state index contributed by atoms with van der Waals surface area (Å²) >= 11 is 0. The Morgan fingerprint density at radius 3 is 0.811 bits per heavy atom. The molecule has 0 atom stereocenters. The molecule has 0 saturated heterocycles. The van der Waals surface area contributed by atoms with E-state index in [-0.39, 0.29) is 5.41 Å². The van der Waals surface area contributed by atoms with Gasteiger partial charge < -0.3 is 9.80 Å². The SMILES string of the molecule is Cc1cc(-c2ccc(N(c3cc(C)c(-c4ccccc4)c(C)c3)c3cc(C)c(-c4ccccc4)c(C)c3)cc2)ccc1-c1ccc(-c2ccc(N(c3ccc(-c4ccccc4)cc3)c3ccc(-c4ccc(-c5ccccc5)cc4)c(C(C)(C)C)c3)cc2)cc1C. The minimum Gasteiger partial charge on any atom is -0.310 e. The Kier molecular flexibility index (Phi) is 16.2. The molecule has 0 aliphatic heterocycles. The van der Waals surface area contributed by atoms with Crippen molar-refractivity contribution < 1.29 is 0 Å². The molecule has 2 heteroatoms. The zero-order chi connectivity index (χ0) is 62.0. The molecule has 0 amide bonds. The first-order chi connectivity index (χ1) is 43.7. The standard InChI is InChI=1S/C88H76N2/c1-59-52-74(69-36-44-77(45-37-69)89(76-42-34-68(35-43-76)66-24-16-11-17-25-66)79-48-51-84(85(58-79)88(7,8)9)71-32-30-67(31-33-71)65-22-14-10-15-23-65)40-49-82(59)83-50-41-75(53-60(83)2)70-38-46-78(47-39-70)90(80-54-61(3)86(62(4)55-80)72-26-18-12-19-27-72)81-56-63(5)87(64(6)57-81)73-28-20-13-21-29-73/h10-58H,1-9H3. The first-order valence-electron chi connectivity index (χ1n) is 31.5. The van der Waals surface area contributed by atoms with Crippen molar-refractivity contribution in [3.05, 3.63) is 336 Å². The summed E-state index contributed by atoms with van der Waals surface area (Å²) in [6.45, 7) is 20.4. The van der Waals surface area contributed by atoms with Gasteiger partial charge in [-0.1, -0.05) is 245 Å². The van der Waals surface area contributed by atoms with Gasteiger partial charge in [0.15, 0.2) is 0 Å². The van der Waals surface area contributed by atoms with E-state index in [9.17, 15) is 0 Å². The second-order valence-corrected chi connectivity index (χ2v) is 25.3. The van der Waals surface area contributed by atoms with Gasteiger partial charge in [0, 0.05) is 34.1 Å². The molecule has 0 unspecified atom stereocenters. The van der Waals surface area contributed by atoms with E-state index in [0.717, 1.165) is 34.1 Å². The third-order valence-electron chi connectivity index (χ3n) is 17.9. The predicted molar refractivity (Wildman–Crippen MR) is 386 cm³/mol. The smallest absolute Gasteiger partial charge is 0.0467 e. The fourth-order valence-corrected chi connectivity index (χ4v) is 13.5. The van der Waals surface area contributed by atoms with E-state index < -0.39 is 0 Å². The molecular formula is C88H76N2. The first kappa shape index (κ1) is 58.5. The van der Waals surface area contributed by atoms with Gasteiger partial charge in [0.25, 0.3) is 0 Å². The molecular weight excluding hydrogens is 1080 g/mol. The molecule has 0 aliphatic carbocycles. The van der Waals surface area contributed by atoms with Gasteiger partial charge >= 0.3 is 0 Å². The van der Waals surface area contributed by atoms with Gasteiger partial charge in [-0.25, -0.2) is 0 Å². The lowest BCUT2D eigenvalue weighted by atomic mass is 9.81. The highest BCUT2D eigenvalue weighted by molar-refractivity contribution is 5.88. The van der Waals surface area contributed by atoms with E-state index in [2.05, 4.69) is 369 Å². The average molecular weight is 1160 g/mol. The van der Waals surface area contributed by atoms with Crippen molar-refractivity contribution in [1.82, 2.24) is 0 Å². The van der Waals surface area contributed by atoms with Crippen LogP contribution in [-0.4, -0.2) is 0 Å².